The first-order chi connectivity index (χ1) is 8.85. The van der Waals surface area contributed by atoms with E-state index < -0.39 is 17.1 Å². The second kappa shape index (κ2) is 6.01. The van der Waals surface area contributed by atoms with E-state index >= 15 is 0 Å². The fraction of sp³-hybridized carbons (Fsp3) is 0.333. The number of nitrogens with zero attached hydrogens (tertiary/aromatic N) is 1. The molecule has 0 bridgehead atoms. The van der Waals surface area contributed by atoms with Crippen LogP contribution < -0.4 is 11.1 Å². The lowest BCUT2D eigenvalue weighted by molar-refractivity contribution is -0.121. The van der Waals surface area contributed by atoms with Crippen molar-refractivity contribution in [1.29, 1.82) is 0 Å². The van der Waals surface area contributed by atoms with Crippen LogP contribution in [0.15, 0.2) is 27.8 Å². The van der Waals surface area contributed by atoms with Gasteiger partial charge in [-0.15, -0.1) is 0 Å². The van der Waals surface area contributed by atoms with Crippen LogP contribution in [0.2, 0.25) is 0 Å². The summed E-state index contributed by atoms with van der Waals surface area (Å²) in [5.74, 6) is -1.14. The van der Waals surface area contributed by atoms with Gasteiger partial charge in [0.2, 0.25) is 5.91 Å². The first-order valence-corrected chi connectivity index (χ1v) is 6.39. The number of amidine groups is 1. The monoisotopic (exact) mass is 331 g/mol. The van der Waals surface area contributed by atoms with Gasteiger partial charge >= 0.3 is 0 Å². The van der Waals surface area contributed by atoms with Crippen molar-refractivity contribution in [1.82, 2.24) is 0 Å². The lowest BCUT2D eigenvalue weighted by Crippen LogP contribution is -2.44. The maximum Gasteiger partial charge on any atom is 0.238 e. The number of nitrogens with one attached hydrogen (secondary N) is 1. The standard InChI is InChI=1S/C12H15BrFN3O2/c1-3-12(2,10(15)17-19)11(18)16-9-6-7(14)4-5-8(9)13/h4-6,19H,3H2,1-2H3,(H2,15,17)(H,16,18). The van der Waals surface area contributed by atoms with E-state index in [-0.39, 0.29) is 11.5 Å². The van der Waals surface area contributed by atoms with Crippen molar-refractivity contribution in [2.45, 2.75) is 20.3 Å². The van der Waals surface area contributed by atoms with E-state index in [2.05, 4.69) is 26.4 Å². The lowest BCUT2D eigenvalue weighted by atomic mass is 9.85. The van der Waals surface area contributed by atoms with Crippen LogP contribution in [-0.2, 0) is 4.79 Å². The summed E-state index contributed by atoms with van der Waals surface area (Å²) >= 11 is 3.21. The molecule has 0 heterocycles. The van der Waals surface area contributed by atoms with Gasteiger partial charge in [0.1, 0.15) is 11.2 Å². The predicted octanol–water partition coefficient (Wildman–Crippen LogP) is 2.69. The highest BCUT2D eigenvalue weighted by molar-refractivity contribution is 9.10. The number of nitrogens with two attached hydrogens (primary N) is 1. The van der Waals surface area contributed by atoms with E-state index in [1.807, 2.05) is 0 Å². The maximum atomic E-state index is 13.1. The number of hydrogen-bond donors (Lipinski definition) is 3. The molecule has 5 nitrogen and oxygen atoms in total. The molecule has 0 aliphatic heterocycles. The zero-order valence-electron chi connectivity index (χ0n) is 10.6. The minimum Gasteiger partial charge on any atom is -0.409 e. The van der Waals surface area contributed by atoms with Crippen LogP contribution >= 0.6 is 15.9 Å². The lowest BCUT2D eigenvalue weighted by Gasteiger charge is -2.25. The van der Waals surface area contributed by atoms with Crippen molar-refractivity contribution in [3.63, 3.8) is 0 Å². The molecular weight excluding hydrogens is 317 g/mol. The molecule has 1 atom stereocenters. The normalized spacial score (nSPS) is 14.8. The highest BCUT2D eigenvalue weighted by Gasteiger charge is 2.36. The molecule has 0 fully saturated rings. The van der Waals surface area contributed by atoms with Gasteiger partial charge in [-0.1, -0.05) is 12.1 Å². The van der Waals surface area contributed by atoms with E-state index in [0.717, 1.165) is 0 Å². The number of carbonyl (C=O) groups is 1. The summed E-state index contributed by atoms with van der Waals surface area (Å²) in [5, 5.41) is 14.2. The summed E-state index contributed by atoms with van der Waals surface area (Å²) in [6.45, 7) is 3.28. The first kappa shape index (κ1) is 15.4. The van der Waals surface area contributed by atoms with Gasteiger partial charge in [-0.3, -0.25) is 4.79 Å². The molecule has 1 aromatic rings. The summed E-state index contributed by atoms with van der Waals surface area (Å²) < 4.78 is 13.7. The summed E-state index contributed by atoms with van der Waals surface area (Å²) in [6, 6.07) is 3.93. The third-order valence-corrected chi connectivity index (χ3v) is 3.75. The van der Waals surface area contributed by atoms with Gasteiger partial charge in [0.05, 0.1) is 5.69 Å². The van der Waals surface area contributed by atoms with Gasteiger partial charge < -0.3 is 16.3 Å². The molecule has 0 saturated heterocycles. The molecule has 1 rings (SSSR count). The second-order valence-corrected chi connectivity index (χ2v) is 5.10. The molecule has 0 saturated carbocycles. The van der Waals surface area contributed by atoms with E-state index in [0.29, 0.717) is 10.9 Å². The van der Waals surface area contributed by atoms with Crippen LogP contribution in [0, 0.1) is 11.2 Å². The topological polar surface area (TPSA) is 87.7 Å². The number of benzene rings is 1. The molecule has 0 radical (unpaired) electrons. The molecule has 1 unspecified atom stereocenters. The fourth-order valence-corrected chi connectivity index (χ4v) is 1.77. The van der Waals surface area contributed by atoms with Crippen LogP contribution in [0.3, 0.4) is 0 Å². The second-order valence-electron chi connectivity index (χ2n) is 4.25. The van der Waals surface area contributed by atoms with Crippen molar-refractivity contribution in [2.24, 2.45) is 16.3 Å². The van der Waals surface area contributed by atoms with Crippen molar-refractivity contribution in [3.8, 4) is 0 Å². The van der Waals surface area contributed by atoms with E-state index in [1.54, 1.807) is 13.8 Å². The molecule has 0 aliphatic carbocycles. The Morgan fingerprint density at radius 1 is 1.63 bits per heavy atom. The Bertz CT molecular complexity index is 522. The Kier molecular flexibility index (Phi) is 4.88. The number of hydrogen-bond acceptors (Lipinski definition) is 3. The smallest absolute Gasteiger partial charge is 0.238 e. The van der Waals surface area contributed by atoms with Crippen LogP contribution in [0.1, 0.15) is 20.3 Å². The minimum absolute atomic E-state index is 0.194. The highest BCUT2D eigenvalue weighted by atomic mass is 79.9. The third kappa shape index (κ3) is 3.23. The third-order valence-electron chi connectivity index (χ3n) is 3.06. The van der Waals surface area contributed by atoms with Gasteiger partial charge in [-0.05, 0) is 47.5 Å². The summed E-state index contributed by atoms with van der Waals surface area (Å²) in [4.78, 5) is 12.2. The summed E-state index contributed by atoms with van der Waals surface area (Å²) in [5.41, 5.74) is 4.66. The molecule has 0 aromatic heterocycles. The Morgan fingerprint density at radius 2 is 2.26 bits per heavy atom. The number of halogens is 2. The van der Waals surface area contributed by atoms with Gasteiger partial charge in [-0.2, -0.15) is 0 Å². The largest absolute Gasteiger partial charge is 0.409 e. The van der Waals surface area contributed by atoms with Crippen LogP contribution in [-0.4, -0.2) is 17.0 Å². The van der Waals surface area contributed by atoms with Gasteiger partial charge in [0, 0.05) is 4.47 Å². The predicted molar refractivity (Wildman–Crippen MR) is 74.5 cm³/mol. The first-order valence-electron chi connectivity index (χ1n) is 5.59. The van der Waals surface area contributed by atoms with Gasteiger partial charge in [0.25, 0.3) is 0 Å². The molecule has 1 aromatic carbocycles. The number of anilines is 1. The molecule has 0 aliphatic rings. The number of rotatable bonds is 4. The number of amides is 1. The molecule has 19 heavy (non-hydrogen) atoms. The molecular formula is C12H15BrFN3O2. The van der Waals surface area contributed by atoms with Crippen LogP contribution in [0.25, 0.3) is 0 Å². The summed E-state index contributed by atoms with van der Waals surface area (Å²) in [6.07, 6.45) is 0.335. The average Bonchev–Trinajstić information content (AvgIpc) is 2.40. The Labute approximate surface area is 118 Å². The van der Waals surface area contributed by atoms with Gasteiger partial charge in [-0.25, -0.2) is 4.39 Å². The fourth-order valence-electron chi connectivity index (χ4n) is 1.42. The highest BCUT2D eigenvalue weighted by Crippen LogP contribution is 2.28. The Morgan fingerprint density at radius 3 is 2.79 bits per heavy atom. The van der Waals surface area contributed by atoms with E-state index in [9.17, 15) is 9.18 Å². The maximum absolute atomic E-state index is 13.1. The molecule has 104 valence electrons. The summed E-state index contributed by atoms with van der Waals surface area (Å²) in [7, 11) is 0. The molecule has 7 heteroatoms. The van der Waals surface area contributed by atoms with Crippen molar-refractivity contribution >= 4 is 33.4 Å². The van der Waals surface area contributed by atoms with E-state index in [1.165, 1.54) is 18.2 Å². The molecule has 1 amide bonds. The van der Waals surface area contributed by atoms with Crippen molar-refractivity contribution < 1.29 is 14.4 Å². The Hall–Kier alpha value is -1.63. The van der Waals surface area contributed by atoms with Crippen LogP contribution in [0.4, 0.5) is 10.1 Å². The van der Waals surface area contributed by atoms with E-state index in [4.69, 9.17) is 10.9 Å². The number of carbonyl (C=O) groups excluding carboxylic acids is 1. The molecule has 0 spiro atoms. The minimum atomic E-state index is -1.17. The van der Waals surface area contributed by atoms with Crippen molar-refractivity contribution in [2.75, 3.05) is 5.32 Å². The number of oxime groups is 1. The van der Waals surface area contributed by atoms with Crippen LogP contribution in [0.5, 0.6) is 0 Å². The zero-order valence-corrected chi connectivity index (χ0v) is 12.2. The van der Waals surface area contributed by atoms with Gasteiger partial charge in [0.15, 0.2) is 5.84 Å². The molecule has 4 N–H and O–H groups in total. The zero-order chi connectivity index (χ0) is 14.6. The quantitative estimate of drug-likeness (QED) is 0.343. The average molecular weight is 332 g/mol. The Balaban J connectivity index is 3.04. The SMILES string of the molecule is CCC(C)(C(=O)Nc1cc(F)ccc1Br)/C(N)=N/O. The van der Waals surface area contributed by atoms with Crippen molar-refractivity contribution in [3.05, 3.63) is 28.5 Å².